The van der Waals surface area contributed by atoms with Gasteiger partial charge in [0, 0.05) is 18.5 Å². The molecule has 1 unspecified atom stereocenters. The molecule has 2 heterocycles. The van der Waals surface area contributed by atoms with Crippen molar-refractivity contribution in [3.8, 4) is 0 Å². The van der Waals surface area contributed by atoms with Crippen LogP contribution in [0.1, 0.15) is 23.3 Å². The number of para-hydroxylation sites is 2. The average Bonchev–Trinajstić information content (AvgIpc) is 3.18. The first-order valence-corrected chi connectivity index (χ1v) is 6.87. The summed E-state index contributed by atoms with van der Waals surface area (Å²) in [6, 6.07) is 7.49. The van der Waals surface area contributed by atoms with E-state index in [0.29, 0.717) is 18.8 Å². The summed E-state index contributed by atoms with van der Waals surface area (Å²) in [6.45, 7) is 1.05. The summed E-state index contributed by atoms with van der Waals surface area (Å²) in [5.74, 6) is -0.133. The fourth-order valence-corrected chi connectivity index (χ4v) is 2.98. The summed E-state index contributed by atoms with van der Waals surface area (Å²) in [4.78, 5) is 22.8. The number of carbonyl (C=O) groups is 1. The first-order valence-electron chi connectivity index (χ1n) is 6.87. The maximum atomic E-state index is 12.5. The third-order valence-corrected chi connectivity index (χ3v) is 4.45. The third-order valence-electron chi connectivity index (χ3n) is 4.45. The highest BCUT2D eigenvalue weighted by Crippen LogP contribution is 2.52. The van der Waals surface area contributed by atoms with E-state index in [0.717, 1.165) is 23.9 Å². The van der Waals surface area contributed by atoms with E-state index in [2.05, 4.69) is 9.97 Å². The van der Waals surface area contributed by atoms with Gasteiger partial charge in [-0.25, -0.2) is 4.98 Å². The summed E-state index contributed by atoms with van der Waals surface area (Å²) in [7, 11) is 0. The molecule has 20 heavy (non-hydrogen) atoms. The fraction of sp³-hybridized carbons (Fsp3) is 0.400. The molecule has 1 saturated heterocycles. The Bertz CT molecular complexity index is 696. The lowest BCUT2D eigenvalue weighted by molar-refractivity contribution is 0.0758. The number of likely N-dealkylation sites (tertiary alicyclic amines) is 1. The van der Waals surface area contributed by atoms with Gasteiger partial charge in [-0.2, -0.15) is 0 Å². The van der Waals surface area contributed by atoms with Crippen molar-refractivity contribution in [2.75, 3.05) is 13.1 Å². The van der Waals surface area contributed by atoms with E-state index in [9.17, 15) is 9.90 Å². The van der Waals surface area contributed by atoms with E-state index < -0.39 is 0 Å². The van der Waals surface area contributed by atoms with E-state index in [1.165, 1.54) is 6.20 Å². The number of amides is 1. The number of hydrogen-bond donors (Lipinski definition) is 1. The van der Waals surface area contributed by atoms with Gasteiger partial charge in [-0.3, -0.25) is 9.78 Å². The molecule has 1 aliphatic heterocycles. The summed E-state index contributed by atoms with van der Waals surface area (Å²) >= 11 is 0. The van der Waals surface area contributed by atoms with Crippen LogP contribution in [-0.4, -0.2) is 45.1 Å². The topological polar surface area (TPSA) is 66.3 Å². The normalized spacial score (nSPS) is 23.4. The summed E-state index contributed by atoms with van der Waals surface area (Å²) in [5, 5.41) is 10.0. The molecule has 1 atom stereocenters. The Kier molecular flexibility index (Phi) is 2.35. The van der Waals surface area contributed by atoms with Gasteiger partial charge >= 0.3 is 0 Å². The van der Waals surface area contributed by atoms with Gasteiger partial charge in [0.1, 0.15) is 5.69 Å². The van der Waals surface area contributed by atoms with Crippen LogP contribution in [-0.2, 0) is 0 Å². The van der Waals surface area contributed by atoms with Crippen molar-refractivity contribution in [3.05, 3.63) is 36.2 Å². The number of β-amino-alcohol motifs (C(OH)–C–C–N with tert-alkyl or cyclic N) is 1. The third kappa shape index (κ3) is 1.70. The molecular formula is C15H15N3O2. The van der Waals surface area contributed by atoms with E-state index in [1.54, 1.807) is 4.90 Å². The lowest BCUT2D eigenvalue weighted by Crippen LogP contribution is -2.30. The molecule has 1 saturated carbocycles. The Hall–Kier alpha value is -2.01. The molecule has 1 N–H and O–H groups in total. The highest BCUT2D eigenvalue weighted by atomic mass is 16.3. The van der Waals surface area contributed by atoms with Crippen molar-refractivity contribution in [2.24, 2.45) is 5.41 Å². The molecule has 1 aromatic heterocycles. The Morgan fingerprint density at radius 1 is 1.30 bits per heavy atom. The summed E-state index contributed by atoms with van der Waals surface area (Å²) in [5.41, 5.74) is 1.83. The SMILES string of the molecule is O=C(c1cnc2ccccc2n1)N1CC(O)C2(CC2)C1. The van der Waals surface area contributed by atoms with Crippen LogP contribution in [0.5, 0.6) is 0 Å². The van der Waals surface area contributed by atoms with Crippen molar-refractivity contribution < 1.29 is 9.90 Å². The van der Waals surface area contributed by atoms with E-state index in [1.807, 2.05) is 24.3 Å². The number of aliphatic hydroxyl groups is 1. The quantitative estimate of drug-likeness (QED) is 0.845. The van der Waals surface area contributed by atoms with Crippen LogP contribution in [0.15, 0.2) is 30.5 Å². The van der Waals surface area contributed by atoms with Crippen LogP contribution in [0.2, 0.25) is 0 Å². The minimum Gasteiger partial charge on any atom is -0.391 e. The number of rotatable bonds is 1. The molecule has 0 radical (unpaired) electrons. The van der Waals surface area contributed by atoms with Crippen molar-refractivity contribution in [1.82, 2.24) is 14.9 Å². The summed E-state index contributed by atoms with van der Waals surface area (Å²) in [6.07, 6.45) is 3.16. The molecule has 1 aromatic carbocycles. The smallest absolute Gasteiger partial charge is 0.274 e. The standard InChI is InChI=1S/C15H15N3O2/c19-13-8-18(9-15(13)5-6-15)14(20)12-7-16-10-3-1-2-4-11(10)17-12/h1-4,7,13,19H,5-6,8-9H2. The van der Waals surface area contributed by atoms with Crippen molar-refractivity contribution >= 4 is 16.9 Å². The molecule has 5 heteroatoms. The molecule has 102 valence electrons. The van der Waals surface area contributed by atoms with E-state index in [-0.39, 0.29) is 17.4 Å². The molecule has 2 fully saturated rings. The van der Waals surface area contributed by atoms with Gasteiger partial charge in [0.25, 0.3) is 5.91 Å². The summed E-state index contributed by atoms with van der Waals surface area (Å²) < 4.78 is 0. The minimum atomic E-state index is -0.389. The molecule has 1 aliphatic carbocycles. The first-order chi connectivity index (χ1) is 9.68. The number of hydrogen-bond acceptors (Lipinski definition) is 4. The maximum absolute atomic E-state index is 12.5. The van der Waals surface area contributed by atoms with Crippen LogP contribution in [0.4, 0.5) is 0 Å². The minimum absolute atomic E-state index is 0.0278. The highest BCUT2D eigenvalue weighted by Gasteiger charge is 2.55. The van der Waals surface area contributed by atoms with Gasteiger partial charge in [0.15, 0.2) is 0 Å². The van der Waals surface area contributed by atoms with Crippen LogP contribution in [0.3, 0.4) is 0 Å². The average molecular weight is 269 g/mol. The van der Waals surface area contributed by atoms with Gasteiger partial charge in [0.05, 0.1) is 23.3 Å². The van der Waals surface area contributed by atoms with E-state index in [4.69, 9.17) is 0 Å². The lowest BCUT2D eigenvalue weighted by atomic mass is 10.0. The zero-order chi connectivity index (χ0) is 13.7. The lowest BCUT2D eigenvalue weighted by Gasteiger charge is -2.15. The van der Waals surface area contributed by atoms with Crippen molar-refractivity contribution in [1.29, 1.82) is 0 Å². The molecule has 2 aliphatic rings. The monoisotopic (exact) mass is 269 g/mol. The number of nitrogens with zero attached hydrogens (tertiary/aromatic N) is 3. The van der Waals surface area contributed by atoms with Gasteiger partial charge in [0.2, 0.25) is 0 Å². The number of fused-ring (bicyclic) bond motifs is 1. The van der Waals surface area contributed by atoms with E-state index >= 15 is 0 Å². The fourth-order valence-electron chi connectivity index (χ4n) is 2.98. The van der Waals surface area contributed by atoms with Crippen LogP contribution >= 0.6 is 0 Å². The molecule has 2 aromatic rings. The Labute approximate surface area is 116 Å². The maximum Gasteiger partial charge on any atom is 0.274 e. The van der Waals surface area contributed by atoms with Crippen LogP contribution in [0.25, 0.3) is 11.0 Å². The van der Waals surface area contributed by atoms with Crippen molar-refractivity contribution in [2.45, 2.75) is 18.9 Å². The Morgan fingerprint density at radius 2 is 2.05 bits per heavy atom. The number of carbonyl (C=O) groups excluding carboxylic acids is 1. The van der Waals surface area contributed by atoms with Crippen molar-refractivity contribution in [3.63, 3.8) is 0 Å². The van der Waals surface area contributed by atoms with Crippen LogP contribution < -0.4 is 0 Å². The number of benzene rings is 1. The van der Waals surface area contributed by atoms with Gasteiger partial charge < -0.3 is 10.0 Å². The predicted octanol–water partition coefficient (Wildman–Crippen LogP) is 1.23. The van der Waals surface area contributed by atoms with Gasteiger partial charge in [-0.1, -0.05) is 12.1 Å². The molecular weight excluding hydrogens is 254 g/mol. The number of aliphatic hydroxyl groups excluding tert-OH is 1. The van der Waals surface area contributed by atoms with Crippen LogP contribution in [0, 0.1) is 5.41 Å². The first kappa shape index (κ1) is 11.8. The second kappa shape index (κ2) is 3.99. The molecule has 0 bridgehead atoms. The molecule has 4 rings (SSSR count). The Morgan fingerprint density at radius 3 is 2.75 bits per heavy atom. The molecule has 1 spiro atoms. The predicted molar refractivity (Wildman–Crippen MR) is 73.1 cm³/mol. The second-order valence-corrected chi connectivity index (χ2v) is 5.81. The zero-order valence-corrected chi connectivity index (χ0v) is 11.0. The number of aromatic nitrogens is 2. The highest BCUT2D eigenvalue weighted by molar-refractivity contribution is 5.94. The van der Waals surface area contributed by atoms with Gasteiger partial charge in [-0.15, -0.1) is 0 Å². The Balaban J connectivity index is 1.64. The molecule has 1 amide bonds. The molecule has 5 nitrogen and oxygen atoms in total. The largest absolute Gasteiger partial charge is 0.391 e. The zero-order valence-electron chi connectivity index (χ0n) is 11.0. The second-order valence-electron chi connectivity index (χ2n) is 5.81. The van der Waals surface area contributed by atoms with Gasteiger partial charge in [-0.05, 0) is 25.0 Å².